The van der Waals surface area contributed by atoms with Gasteiger partial charge in [-0.3, -0.25) is 10.0 Å². The molecule has 2 amide bonds. The molecular formula is C16H14FN3O2S. The van der Waals surface area contributed by atoms with Gasteiger partial charge in [-0.25, -0.2) is 9.18 Å². The lowest BCUT2D eigenvalue weighted by Gasteiger charge is -2.12. The summed E-state index contributed by atoms with van der Waals surface area (Å²) in [4.78, 5) is 12.0. The van der Waals surface area contributed by atoms with Crippen molar-refractivity contribution in [2.45, 2.75) is 12.2 Å². The van der Waals surface area contributed by atoms with Crippen LogP contribution in [0.1, 0.15) is 17.7 Å². The highest BCUT2D eigenvalue weighted by Gasteiger charge is 2.12. The summed E-state index contributed by atoms with van der Waals surface area (Å²) in [6.45, 7) is 1.92. The second-order valence-corrected chi connectivity index (χ2v) is 6.04. The van der Waals surface area contributed by atoms with Gasteiger partial charge in [-0.1, -0.05) is 29.4 Å². The third-order valence-electron chi connectivity index (χ3n) is 3.28. The number of nitrogens with one attached hydrogen (secondary N) is 2. The summed E-state index contributed by atoms with van der Waals surface area (Å²) in [5.41, 5.74) is 1.53. The zero-order valence-electron chi connectivity index (χ0n) is 12.2. The average Bonchev–Trinajstić information content (AvgIpc) is 2.96. The number of aromatic nitrogens is 1. The number of hydrogen-bond donors (Lipinski definition) is 2. The number of anilines is 1. The number of hydrogen-bond acceptors (Lipinski definition) is 4. The Hall–Kier alpha value is -2.54. The van der Waals surface area contributed by atoms with Gasteiger partial charge in [0.2, 0.25) is 0 Å². The van der Waals surface area contributed by atoms with Gasteiger partial charge in [0, 0.05) is 5.25 Å². The second-order valence-electron chi connectivity index (χ2n) is 4.90. The van der Waals surface area contributed by atoms with Crippen LogP contribution in [0.15, 0.2) is 53.1 Å². The smallest absolute Gasteiger partial charge is 0.330 e. The Bertz CT molecular complexity index is 820. The summed E-state index contributed by atoms with van der Waals surface area (Å²) in [7, 11) is 0. The Morgan fingerprint density at radius 3 is 2.74 bits per heavy atom. The molecule has 23 heavy (non-hydrogen) atoms. The molecule has 2 aromatic carbocycles. The molecule has 0 saturated carbocycles. The van der Waals surface area contributed by atoms with E-state index >= 15 is 0 Å². The monoisotopic (exact) mass is 331 g/mol. The third-order valence-corrected chi connectivity index (χ3v) is 4.21. The molecule has 1 heterocycles. The zero-order chi connectivity index (χ0) is 16.2. The topological polar surface area (TPSA) is 67.2 Å². The summed E-state index contributed by atoms with van der Waals surface area (Å²) in [6.07, 6.45) is 0. The second kappa shape index (κ2) is 6.70. The molecule has 3 rings (SSSR count). The van der Waals surface area contributed by atoms with Crippen LogP contribution in [0, 0.1) is 5.82 Å². The molecular weight excluding hydrogens is 317 g/mol. The number of benzene rings is 2. The maximum atomic E-state index is 12.9. The van der Waals surface area contributed by atoms with Crippen molar-refractivity contribution in [1.29, 1.82) is 0 Å². The summed E-state index contributed by atoms with van der Waals surface area (Å²) < 4.78 is 20.7. The van der Waals surface area contributed by atoms with Crippen molar-refractivity contribution in [2.24, 2.45) is 0 Å². The van der Waals surface area contributed by atoms with Crippen molar-refractivity contribution >= 4 is 34.8 Å². The number of rotatable bonds is 4. The van der Waals surface area contributed by atoms with Crippen LogP contribution in [0.25, 0.3) is 11.0 Å². The lowest BCUT2D eigenvalue weighted by atomic mass is 10.2. The van der Waals surface area contributed by atoms with Gasteiger partial charge in [0.25, 0.3) is 0 Å². The summed E-state index contributed by atoms with van der Waals surface area (Å²) in [5, 5.41) is 7.19. The largest absolute Gasteiger partial charge is 0.354 e. The highest BCUT2D eigenvalue weighted by molar-refractivity contribution is 7.98. The van der Waals surface area contributed by atoms with E-state index in [2.05, 4.69) is 15.2 Å². The van der Waals surface area contributed by atoms with Gasteiger partial charge < -0.3 is 4.52 Å². The Morgan fingerprint density at radius 2 is 1.96 bits per heavy atom. The van der Waals surface area contributed by atoms with E-state index in [0.717, 1.165) is 10.9 Å². The number of nitrogens with zero attached hydrogens (tertiary/aromatic N) is 1. The van der Waals surface area contributed by atoms with Gasteiger partial charge >= 0.3 is 6.03 Å². The highest BCUT2D eigenvalue weighted by atomic mass is 32.2. The van der Waals surface area contributed by atoms with Crippen LogP contribution in [0.3, 0.4) is 0 Å². The number of para-hydroxylation sites is 1. The van der Waals surface area contributed by atoms with Crippen LogP contribution in [0.4, 0.5) is 15.0 Å². The van der Waals surface area contributed by atoms with Gasteiger partial charge in [-0.2, -0.15) is 0 Å². The van der Waals surface area contributed by atoms with Crippen LogP contribution < -0.4 is 10.0 Å². The van der Waals surface area contributed by atoms with E-state index in [4.69, 9.17) is 4.52 Å². The minimum Gasteiger partial charge on any atom is -0.354 e. The minimum atomic E-state index is -0.400. The van der Waals surface area contributed by atoms with E-state index in [-0.39, 0.29) is 11.1 Å². The maximum Gasteiger partial charge on any atom is 0.330 e. The molecule has 1 aromatic heterocycles. The molecule has 1 unspecified atom stereocenters. The zero-order valence-corrected chi connectivity index (χ0v) is 13.1. The first kappa shape index (κ1) is 15.4. The van der Waals surface area contributed by atoms with Gasteiger partial charge in [0.15, 0.2) is 11.4 Å². The molecule has 0 aliphatic heterocycles. The van der Waals surface area contributed by atoms with Crippen molar-refractivity contribution in [3.8, 4) is 0 Å². The fourth-order valence-electron chi connectivity index (χ4n) is 2.05. The molecule has 2 N–H and O–H groups in total. The first-order valence-corrected chi connectivity index (χ1v) is 7.84. The van der Waals surface area contributed by atoms with E-state index in [0.29, 0.717) is 11.4 Å². The van der Waals surface area contributed by atoms with Crippen molar-refractivity contribution in [1.82, 2.24) is 9.88 Å². The molecule has 3 aromatic rings. The summed E-state index contributed by atoms with van der Waals surface area (Å²) in [5.74, 6) is 0.0858. The Kier molecular flexibility index (Phi) is 4.47. The van der Waals surface area contributed by atoms with E-state index < -0.39 is 6.03 Å². The van der Waals surface area contributed by atoms with Gasteiger partial charge in [-0.05, 0) is 48.7 Å². The fourth-order valence-corrected chi connectivity index (χ4v) is 2.68. The van der Waals surface area contributed by atoms with Crippen LogP contribution >= 0.6 is 11.9 Å². The van der Waals surface area contributed by atoms with E-state index in [9.17, 15) is 9.18 Å². The lowest BCUT2D eigenvalue weighted by molar-refractivity contribution is 0.257. The lowest BCUT2D eigenvalue weighted by Crippen LogP contribution is -2.23. The average molecular weight is 331 g/mol. The molecule has 0 saturated heterocycles. The number of halogens is 1. The number of carbonyl (C=O) groups excluding carboxylic acids is 1. The third kappa shape index (κ3) is 3.62. The Balaban J connectivity index is 1.58. The number of amides is 2. The predicted molar refractivity (Wildman–Crippen MR) is 88.6 cm³/mol. The van der Waals surface area contributed by atoms with E-state index in [1.807, 2.05) is 25.1 Å². The van der Waals surface area contributed by atoms with Crippen LogP contribution in [0.5, 0.6) is 0 Å². The normalized spacial score (nSPS) is 12.1. The molecule has 0 aliphatic rings. The number of fused-ring (bicyclic) bond motifs is 1. The van der Waals surface area contributed by atoms with Crippen molar-refractivity contribution in [3.63, 3.8) is 0 Å². The minimum absolute atomic E-state index is 0.0181. The first-order chi connectivity index (χ1) is 11.1. The van der Waals surface area contributed by atoms with Gasteiger partial charge in [-0.15, -0.1) is 0 Å². The summed E-state index contributed by atoms with van der Waals surface area (Å²) in [6, 6.07) is 13.0. The van der Waals surface area contributed by atoms with Gasteiger partial charge in [0.05, 0.1) is 5.39 Å². The van der Waals surface area contributed by atoms with Gasteiger partial charge in [0.1, 0.15) is 5.82 Å². The SMILES string of the molecule is CC(SNC(=O)Nc1noc2ccccc12)c1ccc(F)cc1. The van der Waals surface area contributed by atoms with Crippen molar-refractivity contribution in [3.05, 3.63) is 59.9 Å². The molecule has 0 aliphatic carbocycles. The van der Waals surface area contributed by atoms with Crippen molar-refractivity contribution in [2.75, 3.05) is 5.32 Å². The van der Waals surface area contributed by atoms with Crippen LogP contribution in [-0.4, -0.2) is 11.2 Å². The molecule has 118 valence electrons. The van der Waals surface area contributed by atoms with E-state index in [1.165, 1.54) is 24.1 Å². The molecule has 7 heteroatoms. The fraction of sp³-hybridized carbons (Fsp3) is 0.125. The molecule has 0 radical (unpaired) electrons. The number of carbonyl (C=O) groups is 1. The maximum absolute atomic E-state index is 12.9. The van der Waals surface area contributed by atoms with Crippen molar-refractivity contribution < 1.29 is 13.7 Å². The molecule has 0 fully saturated rings. The number of urea groups is 1. The molecule has 5 nitrogen and oxygen atoms in total. The molecule has 0 spiro atoms. The first-order valence-electron chi connectivity index (χ1n) is 6.96. The van der Waals surface area contributed by atoms with E-state index in [1.54, 1.807) is 18.2 Å². The predicted octanol–water partition coefficient (Wildman–Crippen LogP) is 4.50. The Labute approximate surface area is 136 Å². The highest BCUT2D eigenvalue weighted by Crippen LogP contribution is 2.26. The Morgan fingerprint density at radius 1 is 1.22 bits per heavy atom. The standard InChI is InChI=1S/C16H14FN3O2S/c1-10(11-6-8-12(17)9-7-11)23-20-16(21)18-15-13-4-2-3-5-14(13)22-19-15/h2-10H,1H3,(H2,18,19,20,21). The molecule has 0 bridgehead atoms. The molecule has 1 atom stereocenters. The van der Waals surface area contributed by atoms with Crippen LogP contribution in [-0.2, 0) is 0 Å². The van der Waals surface area contributed by atoms with Crippen LogP contribution in [0.2, 0.25) is 0 Å². The quantitative estimate of drug-likeness (QED) is 0.691. The summed E-state index contributed by atoms with van der Waals surface area (Å²) >= 11 is 1.23.